The second-order valence-corrected chi connectivity index (χ2v) is 10.6. The predicted octanol–water partition coefficient (Wildman–Crippen LogP) is 1.13. The summed E-state index contributed by atoms with van der Waals surface area (Å²) in [5, 5.41) is 5.17. The first kappa shape index (κ1) is 20.9. The van der Waals surface area contributed by atoms with Crippen LogP contribution in [-0.4, -0.2) is 33.6 Å². The molecule has 11 heteroatoms. The standard InChI is InChI=1S/C18H15N3O5S3/c1-3-10-21-15-9-8-14(29(19,25)26)11-16(15)27-18(21)20-17(22)12-4-6-13(7-5-12)28(2,23)24/h1,4-9,11H,10H2,2H3,(H2,19,25,26). The van der Waals surface area contributed by atoms with Crippen LogP contribution in [0.2, 0.25) is 0 Å². The van der Waals surface area contributed by atoms with Crippen LogP contribution in [0.1, 0.15) is 10.4 Å². The van der Waals surface area contributed by atoms with Gasteiger partial charge in [-0.2, -0.15) is 4.99 Å². The van der Waals surface area contributed by atoms with Crippen LogP contribution in [-0.2, 0) is 26.4 Å². The molecule has 8 nitrogen and oxygen atoms in total. The Labute approximate surface area is 171 Å². The number of carbonyl (C=O) groups excluding carboxylic acids is 1. The van der Waals surface area contributed by atoms with E-state index in [9.17, 15) is 21.6 Å². The number of hydrogen-bond acceptors (Lipinski definition) is 6. The molecule has 0 bridgehead atoms. The number of aromatic nitrogens is 1. The molecule has 0 spiro atoms. The van der Waals surface area contributed by atoms with Crippen molar-refractivity contribution in [2.75, 3.05) is 6.26 Å². The number of benzene rings is 2. The summed E-state index contributed by atoms with van der Waals surface area (Å²) in [4.78, 5) is 16.9. The van der Waals surface area contributed by atoms with Gasteiger partial charge in [0.15, 0.2) is 14.6 Å². The second-order valence-electron chi connectivity index (χ2n) is 6.06. The lowest BCUT2D eigenvalue weighted by Gasteiger charge is -2.02. The van der Waals surface area contributed by atoms with Crippen molar-refractivity contribution in [3.63, 3.8) is 0 Å². The summed E-state index contributed by atoms with van der Waals surface area (Å²) >= 11 is 1.09. The fourth-order valence-corrected chi connectivity index (χ4v) is 4.87. The molecular formula is C18H15N3O5S3. The number of hydrogen-bond donors (Lipinski definition) is 1. The maximum absolute atomic E-state index is 12.5. The molecule has 0 aliphatic carbocycles. The first-order chi connectivity index (χ1) is 13.5. The number of primary sulfonamides is 1. The molecule has 3 rings (SSSR count). The fourth-order valence-electron chi connectivity index (χ4n) is 2.56. The summed E-state index contributed by atoms with van der Waals surface area (Å²) in [7, 11) is -7.26. The number of fused-ring (bicyclic) bond motifs is 1. The van der Waals surface area contributed by atoms with Crippen molar-refractivity contribution in [2.24, 2.45) is 10.1 Å². The number of amides is 1. The molecule has 1 amide bonds. The predicted molar refractivity (Wildman–Crippen MR) is 109 cm³/mol. The maximum atomic E-state index is 12.5. The zero-order chi connectivity index (χ0) is 21.4. The second kappa shape index (κ2) is 7.57. The Hall–Kier alpha value is -2.78. The van der Waals surface area contributed by atoms with Crippen molar-refractivity contribution in [2.45, 2.75) is 16.3 Å². The van der Waals surface area contributed by atoms with Crippen LogP contribution >= 0.6 is 11.3 Å². The van der Waals surface area contributed by atoms with Gasteiger partial charge < -0.3 is 4.57 Å². The SMILES string of the molecule is C#CCn1c(=NC(=O)c2ccc(S(C)(=O)=O)cc2)sc2cc(S(N)(=O)=O)ccc21. The Morgan fingerprint density at radius 2 is 1.76 bits per heavy atom. The highest BCUT2D eigenvalue weighted by atomic mass is 32.2. The van der Waals surface area contributed by atoms with Crippen molar-refractivity contribution in [3.05, 3.63) is 52.8 Å². The molecule has 29 heavy (non-hydrogen) atoms. The van der Waals surface area contributed by atoms with E-state index in [4.69, 9.17) is 11.6 Å². The van der Waals surface area contributed by atoms with E-state index >= 15 is 0 Å². The van der Waals surface area contributed by atoms with Crippen LogP contribution in [0.15, 0.2) is 57.2 Å². The van der Waals surface area contributed by atoms with Crippen molar-refractivity contribution < 1.29 is 21.6 Å². The van der Waals surface area contributed by atoms with Crippen LogP contribution in [0.3, 0.4) is 0 Å². The van der Waals surface area contributed by atoms with Crippen molar-refractivity contribution in [1.29, 1.82) is 0 Å². The Balaban J connectivity index is 2.12. The highest BCUT2D eigenvalue weighted by Gasteiger charge is 2.14. The quantitative estimate of drug-likeness (QED) is 0.597. The largest absolute Gasteiger partial charge is 0.305 e. The Morgan fingerprint density at radius 3 is 2.31 bits per heavy atom. The summed E-state index contributed by atoms with van der Waals surface area (Å²) in [5.41, 5.74) is 0.812. The molecule has 0 aliphatic heterocycles. The van der Waals surface area contributed by atoms with E-state index in [0.717, 1.165) is 17.6 Å². The van der Waals surface area contributed by atoms with E-state index in [0.29, 0.717) is 10.2 Å². The first-order valence-corrected chi connectivity index (χ1v) is 12.2. The van der Waals surface area contributed by atoms with Crippen LogP contribution in [0.5, 0.6) is 0 Å². The summed E-state index contributed by atoms with van der Waals surface area (Å²) < 4.78 is 48.4. The topological polar surface area (TPSA) is 129 Å². The molecule has 0 aliphatic rings. The Kier molecular flexibility index (Phi) is 5.46. The molecule has 0 saturated carbocycles. The van der Waals surface area contributed by atoms with Gasteiger partial charge in [-0.15, -0.1) is 6.42 Å². The molecule has 0 unspecified atom stereocenters. The molecular weight excluding hydrogens is 434 g/mol. The third-order valence-corrected chi connectivity index (χ3v) is 7.04. The van der Waals surface area contributed by atoms with Gasteiger partial charge in [0.2, 0.25) is 10.0 Å². The minimum absolute atomic E-state index is 0.0617. The normalized spacial score (nSPS) is 12.8. The smallest absolute Gasteiger partial charge is 0.279 e. The minimum atomic E-state index is -3.88. The van der Waals surface area contributed by atoms with Crippen LogP contribution in [0.4, 0.5) is 0 Å². The van der Waals surface area contributed by atoms with Crippen LogP contribution in [0.25, 0.3) is 10.2 Å². The van der Waals surface area contributed by atoms with Crippen molar-refractivity contribution in [1.82, 2.24) is 4.57 Å². The lowest BCUT2D eigenvalue weighted by molar-refractivity contribution is 0.0998. The van der Waals surface area contributed by atoms with E-state index in [1.54, 1.807) is 10.6 Å². The molecule has 1 aromatic heterocycles. The van der Waals surface area contributed by atoms with Gasteiger partial charge in [0, 0.05) is 11.8 Å². The van der Waals surface area contributed by atoms with Crippen LogP contribution < -0.4 is 9.94 Å². The fraction of sp³-hybridized carbons (Fsp3) is 0.111. The highest BCUT2D eigenvalue weighted by molar-refractivity contribution is 7.90. The summed E-state index contributed by atoms with van der Waals surface area (Å²) in [6.07, 6.45) is 6.49. The van der Waals surface area contributed by atoms with E-state index in [1.807, 2.05) is 0 Å². The minimum Gasteiger partial charge on any atom is -0.305 e. The van der Waals surface area contributed by atoms with Gasteiger partial charge in [0.25, 0.3) is 5.91 Å². The number of sulfonamides is 1. The van der Waals surface area contributed by atoms with Gasteiger partial charge in [0.05, 0.1) is 26.6 Å². The molecule has 0 fully saturated rings. The highest BCUT2D eigenvalue weighted by Crippen LogP contribution is 2.21. The number of nitrogens with zero attached hydrogens (tertiary/aromatic N) is 2. The molecule has 2 N–H and O–H groups in total. The van der Waals surface area contributed by atoms with Gasteiger partial charge in [-0.05, 0) is 42.5 Å². The summed E-state index contributed by atoms with van der Waals surface area (Å²) in [5.74, 6) is 1.88. The molecule has 150 valence electrons. The zero-order valence-electron chi connectivity index (χ0n) is 15.1. The average molecular weight is 450 g/mol. The van der Waals surface area contributed by atoms with E-state index in [1.165, 1.54) is 36.4 Å². The van der Waals surface area contributed by atoms with Gasteiger partial charge in [-0.25, -0.2) is 22.0 Å². The molecule has 0 saturated heterocycles. The Morgan fingerprint density at radius 1 is 1.14 bits per heavy atom. The lowest BCUT2D eigenvalue weighted by atomic mass is 10.2. The van der Waals surface area contributed by atoms with Gasteiger partial charge >= 0.3 is 0 Å². The number of rotatable bonds is 4. The maximum Gasteiger partial charge on any atom is 0.279 e. The van der Waals surface area contributed by atoms with E-state index in [2.05, 4.69) is 10.9 Å². The van der Waals surface area contributed by atoms with Gasteiger partial charge in [0.1, 0.15) is 0 Å². The van der Waals surface area contributed by atoms with E-state index < -0.39 is 25.8 Å². The molecule has 0 radical (unpaired) electrons. The number of sulfone groups is 1. The molecule has 0 atom stereocenters. The molecule has 3 aromatic rings. The van der Waals surface area contributed by atoms with Crippen molar-refractivity contribution in [3.8, 4) is 12.3 Å². The number of nitrogens with two attached hydrogens (primary N) is 1. The van der Waals surface area contributed by atoms with Gasteiger partial charge in [-0.3, -0.25) is 4.79 Å². The summed E-state index contributed by atoms with van der Waals surface area (Å²) in [6, 6.07) is 9.71. The summed E-state index contributed by atoms with van der Waals surface area (Å²) in [6.45, 7) is 0.119. The monoisotopic (exact) mass is 449 g/mol. The zero-order valence-corrected chi connectivity index (χ0v) is 17.5. The number of thiazole rings is 1. The Bertz CT molecular complexity index is 1440. The van der Waals surface area contributed by atoms with Gasteiger partial charge in [-0.1, -0.05) is 17.3 Å². The third-order valence-electron chi connectivity index (χ3n) is 3.96. The number of carbonyl (C=O) groups is 1. The molecule has 1 heterocycles. The van der Waals surface area contributed by atoms with Crippen LogP contribution in [0, 0.1) is 12.3 Å². The molecule has 2 aromatic carbocycles. The number of terminal acetylenes is 1. The lowest BCUT2D eigenvalue weighted by Crippen LogP contribution is -2.16. The van der Waals surface area contributed by atoms with Crippen molar-refractivity contribution >= 4 is 47.3 Å². The van der Waals surface area contributed by atoms with E-state index in [-0.39, 0.29) is 26.7 Å². The average Bonchev–Trinajstić information content (AvgIpc) is 2.97. The first-order valence-electron chi connectivity index (χ1n) is 7.99. The third kappa shape index (κ3) is 4.46.